The molecule has 10 heteroatoms. The zero-order valence-electron chi connectivity index (χ0n) is 18.1. The number of aromatic nitrogens is 1. The third-order valence-electron chi connectivity index (χ3n) is 5.36. The number of para-hydroxylation sites is 1. The summed E-state index contributed by atoms with van der Waals surface area (Å²) in [5, 5.41) is 2.86. The van der Waals surface area contributed by atoms with Gasteiger partial charge in [0.25, 0.3) is 11.7 Å². The Morgan fingerprint density at radius 1 is 1.00 bits per heavy atom. The van der Waals surface area contributed by atoms with Crippen LogP contribution in [0.15, 0.2) is 66.7 Å². The Kier molecular flexibility index (Phi) is 6.78. The average Bonchev–Trinajstić information content (AvgIpc) is 3.15. The van der Waals surface area contributed by atoms with Crippen LogP contribution in [0.3, 0.4) is 0 Å². The highest BCUT2D eigenvalue weighted by Crippen LogP contribution is 2.39. The summed E-state index contributed by atoms with van der Waals surface area (Å²) in [4.78, 5) is 25.9. The fourth-order valence-electron chi connectivity index (χ4n) is 3.79. The van der Waals surface area contributed by atoms with Crippen molar-refractivity contribution in [3.05, 3.63) is 93.6 Å². The Labute approximate surface area is 208 Å². The normalized spacial score (nSPS) is 11.5. The van der Waals surface area contributed by atoms with E-state index in [1.54, 1.807) is 18.2 Å². The van der Waals surface area contributed by atoms with Gasteiger partial charge in [-0.3, -0.25) is 9.59 Å². The number of amides is 1. The second-order valence-corrected chi connectivity index (χ2v) is 8.42. The maximum Gasteiger partial charge on any atom is 0.432 e. The van der Waals surface area contributed by atoms with Gasteiger partial charge in [-0.1, -0.05) is 47.5 Å². The van der Waals surface area contributed by atoms with Crippen LogP contribution in [0.4, 0.5) is 18.9 Å². The summed E-state index contributed by atoms with van der Waals surface area (Å²) in [6.45, 7) is -0.293. The Hall–Kier alpha value is -3.49. The molecule has 0 aliphatic carbocycles. The fourth-order valence-corrected chi connectivity index (χ4v) is 4.26. The number of halogens is 5. The lowest BCUT2D eigenvalue weighted by Crippen LogP contribution is -2.26. The molecule has 0 saturated heterocycles. The molecule has 5 nitrogen and oxygen atoms in total. The summed E-state index contributed by atoms with van der Waals surface area (Å²) in [6, 6.07) is 16.4. The molecule has 35 heavy (non-hydrogen) atoms. The lowest BCUT2D eigenvalue weighted by atomic mass is 10.1. The maximum atomic E-state index is 14.4. The number of anilines is 1. The van der Waals surface area contributed by atoms with Crippen LogP contribution in [0.1, 0.15) is 21.6 Å². The summed E-state index contributed by atoms with van der Waals surface area (Å²) in [5.74, 6) is -2.00. The molecule has 0 saturated carbocycles. The van der Waals surface area contributed by atoms with E-state index in [1.807, 2.05) is 0 Å². The first-order chi connectivity index (χ1) is 16.6. The molecular formula is C25H17Cl2F3N2O3. The highest BCUT2D eigenvalue weighted by molar-refractivity contribution is 6.48. The van der Waals surface area contributed by atoms with E-state index in [9.17, 15) is 22.8 Å². The molecule has 1 aromatic heterocycles. The number of hydrogen-bond donors (Lipinski definition) is 1. The quantitative estimate of drug-likeness (QED) is 0.223. The second-order valence-electron chi connectivity index (χ2n) is 7.57. The number of Topliss-reactive ketones (excluding diaryl/α,β-unsaturated/α-hetero) is 1. The van der Waals surface area contributed by atoms with Crippen LogP contribution < -0.4 is 10.1 Å². The van der Waals surface area contributed by atoms with E-state index < -0.39 is 29.1 Å². The summed E-state index contributed by atoms with van der Waals surface area (Å²) in [7, 11) is 1.46. The van der Waals surface area contributed by atoms with E-state index in [0.717, 1.165) is 4.57 Å². The maximum absolute atomic E-state index is 14.4. The molecule has 0 radical (unpaired) electrons. The molecule has 4 aromatic rings. The Balaban J connectivity index is 1.82. The van der Waals surface area contributed by atoms with Gasteiger partial charge in [0.1, 0.15) is 11.4 Å². The van der Waals surface area contributed by atoms with Crippen molar-refractivity contribution in [2.45, 2.75) is 12.7 Å². The lowest BCUT2D eigenvalue weighted by Gasteiger charge is -2.15. The molecule has 0 unspecified atom stereocenters. The number of carbonyl (C=O) groups excluding carboxylic acids is 2. The molecule has 180 valence electrons. The summed E-state index contributed by atoms with van der Waals surface area (Å²) in [5.41, 5.74) is -1.24. The monoisotopic (exact) mass is 520 g/mol. The molecular weight excluding hydrogens is 504 g/mol. The molecule has 0 aliphatic rings. The highest BCUT2D eigenvalue weighted by atomic mass is 35.5. The summed E-state index contributed by atoms with van der Waals surface area (Å²) >= 11 is 12.1. The van der Waals surface area contributed by atoms with E-state index >= 15 is 0 Å². The minimum absolute atomic E-state index is 0.000193. The molecule has 1 amide bonds. The lowest BCUT2D eigenvalue weighted by molar-refractivity contribution is -0.143. The van der Waals surface area contributed by atoms with Crippen molar-refractivity contribution in [2.75, 3.05) is 12.4 Å². The van der Waals surface area contributed by atoms with Crippen LogP contribution in [0, 0.1) is 0 Å². The first kappa shape index (κ1) is 24.6. The van der Waals surface area contributed by atoms with Crippen LogP contribution in [-0.2, 0) is 17.5 Å². The minimum atomic E-state index is -4.94. The largest absolute Gasteiger partial charge is 0.497 e. The molecule has 4 rings (SSSR count). The van der Waals surface area contributed by atoms with E-state index in [4.69, 9.17) is 27.9 Å². The number of hydrogen-bond acceptors (Lipinski definition) is 3. The van der Waals surface area contributed by atoms with Crippen LogP contribution in [0.25, 0.3) is 10.9 Å². The number of alkyl halides is 3. The number of carbonyl (C=O) groups is 2. The number of nitrogens with zero attached hydrogens (tertiary/aromatic N) is 1. The van der Waals surface area contributed by atoms with Gasteiger partial charge in [-0.05, 0) is 48.0 Å². The summed E-state index contributed by atoms with van der Waals surface area (Å²) in [6.07, 6.45) is -4.94. The molecule has 1 N–H and O–H groups in total. The van der Waals surface area contributed by atoms with Crippen LogP contribution in [0.2, 0.25) is 10.0 Å². The van der Waals surface area contributed by atoms with Crippen LogP contribution >= 0.6 is 23.2 Å². The van der Waals surface area contributed by atoms with E-state index in [2.05, 4.69) is 5.32 Å². The molecule has 0 spiro atoms. The number of benzene rings is 3. The first-order valence-corrected chi connectivity index (χ1v) is 11.0. The van der Waals surface area contributed by atoms with Crippen LogP contribution in [0.5, 0.6) is 5.75 Å². The molecule has 0 atom stereocenters. The predicted molar refractivity (Wildman–Crippen MR) is 128 cm³/mol. The van der Waals surface area contributed by atoms with Crippen molar-refractivity contribution < 1.29 is 27.5 Å². The van der Waals surface area contributed by atoms with Crippen molar-refractivity contribution in [3.8, 4) is 5.75 Å². The highest BCUT2D eigenvalue weighted by Gasteiger charge is 2.42. The number of ketones is 1. The van der Waals surface area contributed by atoms with Gasteiger partial charge in [-0.2, -0.15) is 13.2 Å². The van der Waals surface area contributed by atoms with Gasteiger partial charge < -0.3 is 14.6 Å². The van der Waals surface area contributed by atoms with Gasteiger partial charge in [-0.15, -0.1) is 0 Å². The third kappa shape index (κ3) is 4.99. The predicted octanol–water partition coefficient (Wildman–Crippen LogP) is 6.85. The number of nitrogens with one attached hydrogen (secondary N) is 1. The third-order valence-corrected chi connectivity index (χ3v) is 5.95. The van der Waals surface area contributed by atoms with Gasteiger partial charge >= 0.3 is 6.18 Å². The van der Waals surface area contributed by atoms with Gasteiger partial charge in [0.2, 0.25) is 0 Å². The molecule has 0 fully saturated rings. The van der Waals surface area contributed by atoms with Crippen molar-refractivity contribution in [3.63, 3.8) is 0 Å². The van der Waals surface area contributed by atoms with E-state index in [-0.39, 0.29) is 28.2 Å². The van der Waals surface area contributed by atoms with Crippen molar-refractivity contribution in [2.24, 2.45) is 0 Å². The van der Waals surface area contributed by atoms with Gasteiger partial charge in [0.05, 0.1) is 12.7 Å². The van der Waals surface area contributed by atoms with E-state index in [1.165, 1.54) is 55.6 Å². The number of methoxy groups -OCH3 is 1. The van der Waals surface area contributed by atoms with Crippen LogP contribution in [-0.4, -0.2) is 23.4 Å². The zero-order chi connectivity index (χ0) is 25.3. The minimum Gasteiger partial charge on any atom is -0.497 e. The number of ether oxygens (including phenoxy) is 1. The van der Waals surface area contributed by atoms with Crippen molar-refractivity contribution in [1.82, 2.24) is 4.57 Å². The number of rotatable bonds is 6. The molecule has 1 heterocycles. The number of fused-ring (bicyclic) bond motifs is 1. The van der Waals surface area contributed by atoms with Gasteiger partial charge in [0.15, 0.2) is 0 Å². The standard InChI is InChI=1S/C25H17Cl2F3N2O3/c1-35-17-10-8-16(9-11-17)31-24(34)22(33)21-18-4-2-3-5-20(18)32(23(21)25(28,29)30)13-14-6-7-15(26)12-19(14)27/h2-12H,13H2,1H3,(H,31,34). The van der Waals surface area contributed by atoms with E-state index in [0.29, 0.717) is 16.3 Å². The first-order valence-electron chi connectivity index (χ1n) is 10.2. The SMILES string of the molecule is COc1ccc(NC(=O)C(=O)c2c(C(F)(F)F)n(Cc3ccc(Cl)cc3Cl)c3ccccc23)cc1. The average molecular weight is 521 g/mol. The zero-order valence-corrected chi connectivity index (χ0v) is 19.6. The van der Waals surface area contributed by atoms with Crippen molar-refractivity contribution in [1.29, 1.82) is 0 Å². The summed E-state index contributed by atoms with van der Waals surface area (Å²) < 4.78 is 49.1. The molecule has 0 aliphatic heterocycles. The van der Waals surface area contributed by atoms with Gasteiger partial charge in [-0.25, -0.2) is 0 Å². The molecule has 0 bridgehead atoms. The topological polar surface area (TPSA) is 60.3 Å². The van der Waals surface area contributed by atoms with Crippen molar-refractivity contribution >= 4 is 51.5 Å². The molecule has 3 aromatic carbocycles. The fraction of sp³-hybridized carbons (Fsp3) is 0.120. The Morgan fingerprint density at radius 2 is 1.69 bits per heavy atom. The Bertz CT molecular complexity index is 1430. The smallest absolute Gasteiger partial charge is 0.432 e. The Morgan fingerprint density at radius 3 is 2.31 bits per heavy atom. The van der Waals surface area contributed by atoms with Gasteiger partial charge in [0, 0.05) is 33.2 Å². The second kappa shape index (κ2) is 9.64.